The second-order valence-electron chi connectivity index (χ2n) is 2.31. The standard InChI is InChI=1S/C5H8F2O4/c6-4-2(9)1(8)3(10)5(7)11-4/h1-5,8-10H. The van der Waals surface area contributed by atoms with Gasteiger partial charge in [-0.1, -0.05) is 0 Å². The molecule has 1 saturated heterocycles. The summed E-state index contributed by atoms with van der Waals surface area (Å²) in [6, 6.07) is 0. The third-order valence-corrected chi connectivity index (χ3v) is 1.50. The molecule has 1 aliphatic rings. The first-order valence-electron chi connectivity index (χ1n) is 3.02. The molecule has 4 unspecified atom stereocenters. The molecular formula is C5H8F2O4. The summed E-state index contributed by atoms with van der Waals surface area (Å²) >= 11 is 0. The summed E-state index contributed by atoms with van der Waals surface area (Å²) in [5.74, 6) is 0. The minimum Gasteiger partial charge on any atom is -0.387 e. The molecule has 1 rings (SSSR count). The third kappa shape index (κ3) is 1.48. The molecule has 0 radical (unpaired) electrons. The lowest BCUT2D eigenvalue weighted by atomic mass is 10.1. The normalized spacial score (nSPS) is 52.6. The number of halogens is 2. The highest BCUT2D eigenvalue weighted by Gasteiger charge is 2.44. The summed E-state index contributed by atoms with van der Waals surface area (Å²) in [7, 11) is 0. The maximum Gasteiger partial charge on any atom is 0.230 e. The van der Waals surface area contributed by atoms with Gasteiger partial charge in [-0.25, -0.2) is 8.78 Å². The number of rotatable bonds is 0. The lowest BCUT2D eigenvalue weighted by Gasteiger charge is -2.33. The molecular weight excluding hydrogens is 162 g/mol. The van der Waals surface area contributed by atoms with E-state index in [4.69, 9.17) is 15.3 Å². The van der Waals surface area contributed by atoms with Crippen molar-refractivity contribution in [1.29, 1.82) is 0 Å². The van der Waals surface area contributed by atoms with E-state index in [9.17, 15) is 8.78 Å². The van der Waals surface area contributed by atoms with Crippen LogP contribution >= 0.6 is 0 Å². The first-order valence-corrected chi connectivity index (χ1v) is 3.02. The maximum atomic E-state index is 12.3. The molecule has 0 bridgehead atoms. The Morgan fingerprint density at radius 3 is 1.55 bits per heavy atom. The van der Waals surface area contributed by atoms with Crippen LogP contribution in [0.1, 0.15) is 0 Å². The second kappa shape index (κ2) is 2.98. The van der Waals surface area contributed by atoms with Crippen molar-refractivity contribution in [3.63, 3.8) is 0 Å². The van der Waals surface area contributed by atoms with Crippen LogP contribution in [-0.4, -0.2) is 46.3 Å². The highest BCUT2D eigenvalue weighted by atomic mass is 19.2. The van der Waals surface area contributed by atoms with Gasteiger partial charge in [0, 0.05) is 0 Å². The van der Waals surface area contributed by atoms with E-state index in [1.54, 1.807) is 0 Å². The molecule has 0 aromatic heterocycles. The Morgan fingerprint density at radius 1 is 0.818 bits per heavy atom. The van der Waals surface area contributed by atoms with E-state index in [1.807, 2.05) is 0 Å². The molecule has 3 N–H and O–H groups in total. The SMILES string of the molecule is OC1C(F)OC(F)C(O)C1O. The Morgan fingerprint density at radius 2 is 1.18 bits per heavy atom. The van der Waals surface area contributed by atoms with E-state index < -0.39 is 31.0 Å². The molecule has 4 nitrogen and oxygen atoms in total. The number of aliphatic hydroxyl groups excluding tert-OH is 3. The van der Waals surface area contributed by atoms with Crippen molar-refractivity contribution in [3.8, 4) is 0 Å². The van der Waals surface area contributed by atoms with E-state index >= 15 is 0 Å². The topological polar surface area (TPSA) is 69.9 Å². The van der Waals surface area contributed by atoms with Gasteiger partial charge in [-0.2, -0.15) is 0 Å². The molecule has 11 heavy (non-hydrogen) atoms. The van der Waals surface area contributed by atoms with E-state index in [1.165, 1.54) is 0 Å². The van der Waals surface area contributed by atoms with E-state index in [0.717, 1.165) is 0 Å². The first kappa shape index (κ1) is 8.79. The predicted octanol–water partition coefficient (Wildman–Crippen LogP) is -1.31. The highest BCUT2D eigenvalue weighted by Crippen LogP contribution is 2.22. The van der Waals surface area contributed by atoms with Crippen LogP contribution in [-0.2, 0) is 4.74 Å². The second-order valence-corrected chi connectivity index (χ2v) is 2.31. The van der Waals surface area contributed by atoms with Gasteiger partial charge in [0.15, 0.2) is 0 Å². The monoisotopic (exact) mass is 170 g/mol. The Bertz CT molecular complexity index is 130. The zero-order valence-corrected chi connectivity index (χ0v) is 5.39. The maximum absolute atomic E-state index is 12.3. The summed E-state index contributed by atoms with van der Waals surface area (Å²) in [6.07, 6.45) is -10.2. The molecule has 6 heteroatoms. The van der Waals surface area contributed by atoms with Gasteiger partial charge >= 0.3 is 0 Å². The van der Waals surface area contributed by atoms with Crippen LogP contribution in [0, 0.1) is 0 Å². The number of ether oxygens (including phenoxy) is 1. The van der Waals surface area contributed by atoms with Crippen molar-refractivity contribution in [3.05, 3.63) is 0 Å². The van der Waals surface area contributed by atoms with Crippen LogP contribution in [0.25, 0.3) is 0 Å². The lowest BCUT2D eigenvalue weighted by molar-refractivity contribution is -0.288. The third-order valence-electron chi connectivity index (χ3n) is 1.50. The minimum absolute atomic E-state index is 1.84. The van der Waals surface area contributed by atoms with Crippen LogP contribution in [0.15, 0.2) is 0 Å². The Hall–Kier alpha value is -0.300. The minimum atomic E-state index is -2.29. The molecule has 0 spiro atoms. The van der Waals surface area contributed by atoms with Gasteiger partial charge in [-0.05, 0) is 0 Å². The van der Waals surface area contributed by atoms with Gasteiger partial charge in [0.05, 0.1) is 0 Å². The summed E-state index contributed by atoms with van der Waals surface area (Å²) < 4.78 is 28.3. The molecule has 0 aromatic rings. The molecule has 0 aromatic carbocycles. The molecule has 4 atom stereocenters. The average molecular weight is 170 g/mol. The van der Waals surface area contributed by atoms with Gasteiger partial charge in [0.1, 0.15) is 18.3 Å². The van der Waals surface area contributed by atoms with Gasteiger partial charge in [0.25, 0.3) is 0 Å². The van der Waals surface area contributed by atoms with Crippen molar-refractivity contribution in [2.45, 2.75) is 31.0 Å². The van der Waals surface area contributed by atoms with Gasteiger partial charge in [-0.3, -0.25) is 0 Å². The fraction of sp³-hybridized carbons (Fsp3) is 1.00. The van der Waals surface area contributed by atoms with Crippen LogP contribution in [0.2, 0.25) is 0 Å². The summed E-state index contributed by atoms with van der Waals surface area (Å²) in [6.45, 7) is 0. The van der Waals surface area contributed by atoms with Crippen LogP contribution in [0.5, 0.6) is 0 Å². The Labute approximate surface area is 61.0 Å². The van der Waals surface area contributed by atoms with Crippen molar-refractivity contribution in [2.75, 3.05) is 0 Å². The number of hydrogen-bond acceptors (Lipinski definition) is 4. The molecule has 1 heterocycles. The number of alkyl halides is 2. The molecule has 1 fully saturated rings. The summed E-state index contributed by atoms with van der Waals surface area (Å²) in [5.41, 5.74) is 0. The average Bonchev–Trinajstić information content (AvgIpc) is 1.97. The van der Waals surface area contributed by atoms with E-state index in [2.05, 4.69) is 4.74 Å². The zero-order chi connectivity index (χ0) is 8.59. The van der Waals surface area contributed by atoms with Crippen molar-refractivity contribution in [1.82, 2.24) is 0 Å². The molecule has 1 aliphatic heterocycles. The lowest BCUT2D eigenvalue weighted by Crippen LogP contribution is -2.54. The van der Waals surface area contributed by atoms with Crippen molar-refractivity contribution < 1.29 is 28.8 Å². The fourth-order valence-corrected chi connectivity index (χ4v) is 0.797. The largest absolute Gasteiger partial charge is 0.387 e. The van der Waals surface area contributed by atoms with Crippen LogP contribution in [0.4, 0.5) is 8.78 Å². The Kier molecular flexibility index (Phi) is 2.38. The molecule has 0 aliphatic carbocycles. The summed E-state index contributed by atoms with van der Waals surface area (Å²) in [5, 5.41) is 26.0. The number of hydrogen-bond donors (Lipinski definition) is 3. The van der Waals surface area contributed by atoms with Gasteiger partial charge in [-0.15, -0.1) is 0 Å². The van der Waals surface area contributed by atoms with Crippen LogP contribution in [0.3, 0.4) is 0 Å². The van der Waals surface area contributed by atoms with E-state index in [0.29, 0.717) is 0 Å². The molecule has 66 valence electrons. The van der Waals surface area contributed by atoms with Gasteiger partial charge < -0.3 is 20.1 Å². The van der Waals surface area contributed by atoms with Crippen LogP contribution < -0.4 is 0 Å². The smallest absolute Gasteiger partial charge is 0.230 e. The number of aliphatic hydroxyl groups is 3. The van der Waals surface area contributed by atoms with Crippen molar-refractivity contribution in [2.24, 2.45) is 0 Å². The molecule has 0 amide bonds. The quantitative estimate of drug-likeness (QED) is 0.422. The fourth-order valence-electron chi connectivity index (χ4n) is 0.797. The Balaban J connectivity index is 2.63. The summed E-state index contributed by atoms with van der Waals surface area (Å²) in [4.78, 5) is 0. The first-order chi connectivity index (χ1) is 5.04. The van der Waals surface area contributed by atoms with Gasteiger partial charge in [0.2, 0.25) is 12.7 Å². The van der Waals surface area contributed by atoms with Crippen molar-refractivity contribution >= 4 is 0 Å². The molecule has 0 saturated carbocycles. The predicted molar refractivity (Wildman–Crippen MR) is 28.9 cm³/mol. The van der Waals surface area contributed by atoms with E-state index in [-0.39, 0.29) is 0 Å². The zero-order valence-electron chi connectivity index (χ0n) is 5.39. The highest BCUT2D eigenvalue weighted by molar-refractivity contribution is 4.84.